The lowest BCUT2D eigenvalue weighted by atomic mass is 10.2. The third kappa shape index (κ3) is 5.26. The van der Waals surface area contributed by atoms with Gasteiger partial charge in [-0.15, -0.1) is 0 Å². The number of carbonyl (C=O) groups is 2. The van der Waals surface area contributed by atoms with Crippen molar-refractivity contribution in [3.63, 3.8) is 0 Å². The third-order valence-electron chi connectivity index (χ3n) is 4.86. The van der Waals surface area contributed by atoms with Gasteiger partial charge in [0.15, 0.2) is 0 Å². The van der Waals surface area contributed by atoms with Gasteiger partial charge in [-0.3, -0.25) is 15.0 Å². The molecule has 0 aromatic carbocycles. The number of aryl methyl sites for hydroxylation is 1. The number of piperazine rings is 1. The fraction of sp³-hybridized carbons (Fsp3) is 0.450. The molecule has 3 amide bonds. The molecule has 0 spiro atoms. The van der Waals surface area contributed by atoms with Crippen molar-refractivity contribution in [3.8, 4) is 0 Å². The molecular weight excluding hydrogens is 372 g/mol. The summed E-state index contributed by atoms with van der Waals surface area (Å²) >= 11 is 0. The molecule has 1 saturated heterocycles. The molecule has 0 saturated carbocycles. The summed E-state index contributed by atoms with van der Waals surface area (Å²) in [6.07, 6.45) is 1.68. The largest absolute Gasteiger partial charge is 0.448 e. The topological polar surface area (TPSA) is 103 Å². The first kappa shape index (κ1) is 20.7. The van der Waals surface area contributed by atoms with Crippen LogP contribution in [0.2, 0.25) is 0 Å². The number of hydrogen-bond acceptors (Lipinski definition) is 6. The highest BCUT2D eigenvalue weighted by Gasteiger charge is 2.20. The van der Waals surface area contributed by atoms with Gasteiger partial charge in [-0.2, -0.15) is 0 Å². The Balaban J connectivity index is 1.53. The quantitative estimate of drug-likeness (QED) is 0.683. The summed E-state index contributed by atoms with van der Waals surface area (Å²) in [6.45, 7) is 8.69. The minimum absolute atomic E-state index is 0.175. The molecule has 9 nitrogen and oxygen atoms in total. The van der Waals surface area contributed by atoms with E-state index >= 15 is 0 Å². The van der Waals surface area contributed by atoms with Crippen molar-refractivity contribution in [2.75, 3.05) is 50.0 Å². The Morgan fingerprint density at radius 2 is 1.97 bits per heavy atom. The van der Waals surface area contributed by atoms with Crippen LogP contribution in [0.1, 0.15) is 28.7 Å². The number of nitrogens with zero attached hydrogens (tertiary/aromatic N) is 3. The van der Waals surface area contributed by atoms with Crippen LogP contribution in [-0.2, 0) is 6.54 Å². The zero-order valence-electron chi connectivity index (χ0n) is 17.1. The molecule has 156 valence electrons. The number of pyridine rings is 1. The number of nitrogens with one attached hydrogen (secondary N) is 3. The zero-order chi connectivity index (χ0) is 20.8. The minimum Gasteiger partial charge on any atom is -0.448 e. The monoisotopic (exact) mass is 400 g/mol. The van der Waals surface area contributed by atoms with Crippen LogP contribution >= 0.6 is 0 Å². The summed E-state index contributed by atoms with van der Waals surface area (Å²) in [4.78, 5) is 32.4. The maximum absolute atomic E-state index is 11.7. The normalized spacial score (nSPS) is 14.5. The molecule has 3 N–H and O–H groups in total. The highest BCUT2D eigenvalue weighted by molar-refractivity contribution is 5.92. The van der Waals surface area contributed by atoms with Gasteiger partial charge in [0.2, 0.25) is 5.88 Å². The number of urea groups is 1. The van der Waals surface area contributed by atoms with Crippen LogP contribution < -0.4 is 20.9 Å². The van der Waals surface area contributed by atoms with Crippen molar-refractivity contribution in [1.29, 1.82) is 0 Å². The van der Waals surface area contributed by atoms with E-state index in [0.717, 1.165) is 49.7 Å². The van der Waals surface area contributed by atoms with E-state index in [1.807, 2.05) is 26.0 Å². The summed E-state index contributed by atoms with van der Waals surface area (Å²) in [5, 5.41) is 7.94. The Bertz CT molecular complexity index is 858. The summed E-state index contributed by atoms with van der Waals surface area (Å²) in [7, 11) is 1.60. The van der Waals surface area contributed by atoms with Gasteiger partial charge in [0.05, 0.1) is 17.6 Å². The fourth-order valence-electron chi connectivity index (χ4n) is 3.39. The predicted molar refractivity (Wildman–Crippen MR) is 111 cm³/mol. The predicted octanol–water partition coefficient (Wildman–Crippen LogP) is 1.81. The lowest BCUT2D eigenvalue weighted by Gasteiger charge is -2.36. The second kappa shape index (κ2) is 9.42. The highest BCUT2D eigenvalue weighted by Crippen LogP contribution is 2.22. The van der Waals surface area contributed by atoms with Gasteiger partial charge in [0.1, 0.15) is 5.69 Å². The molecular formula is C20H28N6O3. The van der Waals surface area contributed by atoms with E-state index in [1.165, 1.54) is 0 Å². The molecule has 9 heteroatoms. The molecule has 0 atom stereocenters. The van der Waals surface area contributed by atoms with Crippen LogP contribution in [-0.4, -0.2) is 61.6 Å². The average molecular weight is 400 g/mol. The summed E-state index contributed by atoms with van der Waals surface area (Å²) in [6, 6.07) is 5.32. The molecule has 3 heterocycles. The van der Waals surface area contributed by atoms with Crippen LogP contribution in [0, 0.1) is 6.92 Å². The molecule has 0 radical (unpaired) electrons. The van der Waals surface area contributed by atoms with Crippen molar-refractivity contribution in [2.24, 2.45) is 0 Å². The van der Waals surface area contributed by atoms with E-state index in [1.54, 1.807) is 19.4 Å². The molecule has 0 bridgehead atoms. The number of amides is 3. The van der Waals surface area contributed by atoms with Gasteiger partial charge in [-0.25, -0.2) is 9.78 Å². The first-order valence-corrected chi connectivity index (χ1v) is 9.79. The Hall–Kier alpha value is -3.07. The summed E-state index contributed by atoms with van der Waals surface area (Å²) in [5.74, 6) is 0.271. The highest BCUT2D eigenvalue weighted by atomic mass is 16.3. The number of furan rings is 1. The molecule has 1 fully saturated rings. The zero-order valence-corrected chi connectivity index (χ0v) is 17.1. The second-order valence-corrected chi connectivity index (χ2v) is 6.95. The van der Waals surface area contributed by atoms with Crippen molar-refractivity contribution in [2.45, 2.75) is 20.4 Å². The Labute approximate surface area is 170 Å². The van der Waals surface area contributed by atoms with Gasteiger partial charge in [-0.1, -0.05) is 0 Å². The molecule has 0 unspecified atom stereocenters. The van der Waals surface area contributed by atoms with Gasteiger partial charge in [0, 0.05) is 57.9 Å². The second-order valence-electron chi connectivity index (χ2n) is 6.95. The van der Waals surface area contributed by atoms with Gasteiger partial charge in [-0.05, 0) is 26.0 Å². The van der Waals surface area contributed by atoms with Crippen LogP contribution in [0.5, 0.6) is 0 Å². The molecule has 3 rings (SSSR count). The number of hydrogen-bond donors (Lipinski definition) is 3. The number of carbonyl (C=O) groups excluding carboxylic acids is 2. The van der Waals surface area contributed by atoms with Gasteiger partial charge in [0.25, 0.3) is 5.91 Å². The lowest BCUT2D eigenvalue weighted by Crippen LogP contribution is -2.46. The minimum atomic E-state index is -0.270. The Morgan fingerprint density at radius 1 is 1.21 bits per heavy atom. The molecule has 1 aliphatic heterocycles. The SMILES string of the molecule is CCNC(=O)Nc1cc(CN2CCN(c3ccc(C(=O)NC)nc3C)CC2)co1. The molecule has 2 aromatic rings. The molecule has 1 aliphatic rings. The van der Waals surface area contributed by atoms with E-state index in [0.29, 0.717) is 18.1 Å². The van der Waals surface area contributed by atoms with Crippen molar-refractivity contribution in [1.82, 2.24) is 20.5 Å². The van der Waals surface area contributed by atoms with E-state index in [9.17, 15) is 9.59 Å². The van der Waals surface area contributed by atoms with Crippen molar-refractivity contribution >= 4 is 23.5 Å². The maximum atomic E-state index is 11.7. The standard InChI is InChI=1S/C20H28N6O3/c1-4-22-20(28)24-18-11-15(13-29-18)12-25-7-9-26(10-8-25)17-6-5-16(19(27)21-3)23-14(17)2/h5-6,11,13H,4,7-10,12H2,1-3H3,(H,21,27)(H2,22,24,28). The van der Waals surface area contributed by atoms with Gasteiger partial charge < -0.3 is 20.0 Å². The molecule has 0 aliphatic carbocycles. The van der Waals surface area contributed by atoms with E-state index < -0.39 is 0 Å². The van der Waals surface area contributed by atoms with Crippen molar-refractivity contribution in [3.05, 3.63) is 41.4 Å². The number of aromatic nitrogens is 1. The maximum Gasteiger partial charge on any atom is 0.321 e. The fourth-order valence-corrected chi connectivity index (χ4v) is 3.39. The number of anilines is 2. The van der Waals surface area contributed by atoms with E-state index in [-0.39, 0.29) is 11.9 Å². The van der Waals surface area contributed by atoms with E-state index in [4.69, 9.17) is 4.42 Å². The van der Waals surface area contributed by atoms with Crippen LogP contribution in [0.15, 0.2) is 28.9 Å². The lowest BCUT2D eigenvalue weighted by molar-refractivity contribution is 0.0958. The van der Waals surface area contributed by atoms with Crippen molar-refractivity contribution < 1.29 is 14.0 Å². The van der Waals surface area contributed by atoms with Crippen LogP contribution in [0.3, 0.4) is 0 Å². The molecule has 29 heavy (non-hydrogen) atoms. The van der Waals surface area contributed by atoms with Crippen LogP contribution in [0.4, 0.5) is 16.4 Å². The molecule has 2 aromatic heterocycles. The van der Waals surface area contributed by atoms with E-state index in [2.05, 4.69) is 30.7 Å². The third-order valence-corrected chi connectivity index (χ3v) is 4.86. The smallest absolute Gasteiger partial charge is 0.321 e. The number of rotatable bonds is 6. The Kier molecular flexibility index (Phi) is 6.71. The average Bonchev–Trinajstić information content (AvgIpc) is 3.14. The van der Waals surface area contributed by atoms with Crippen LogP contribution in [0.25, 0.3) is 0 Å². The summed E-state index contributed by atoms with van der Waals surface area (Å²) < 4.78 is 5.42. The Morgan fingerprint density at radius 3 is 2.62 bits per heavy atom. The summed E-state index contributed by atoms with van der Waals surface area (Å²) in [5.41, 5.74) is 3.38. The van der Waals surface area contributed by atoms with Gasteiger partial charge >= 0.3 is 6.03 Å². The first-order valence-electron chi connectivity index (χ1n) is 9.79. The first-order chi connectivity index (χ1) is 14.0.